The molecule has 1 saturated heterocycles. The molecule has 1 aromatic carbocycles. The van der Waals surface area contributed by atoms with Crippen LogP contribution in [0.5, 0.6) is 5.75 Å². The van der Waals surface area contributed by atoms with E-state index in [2.05, 4.69) is 8.91 Å². The van der Waals surface area contributed by atoms with Gasteiger partial charge in [-0.25, -0.2) is 8.42 Å². The molecule has 14 heteroatoms. The molecule has 0 amide bonds. The highest BCUT2D eigenvalue weighted by molar-refractivity contribution is 7.89. The molecule has 1 aliphatic heterocycles. The fourth-order valence-corrected chi connectivity index (χ4v) is 4.61. The van der Waals surface area contributed by atoms with E-state index in [0.717, 1.165) is 13.4 Å². The highest BCUT2D eigenvalue weighted by Crippen LogP contribution is 2.33. The van der Waals surface area contributed by atoms with Crippen LogP contribution in [0, 0.1) is 0 Å². The van der Waals surface area contributed by atoms with Crippen LogP contribution in [0.1, 0.15) is 13.8 Å². The lowest BCUT2D eigenvalue weighted by molar-refractivity contribution is -0.161. The Morgan fingerprint density at radius 2 is 1.69 bits per heavy atom. The van der Waals surface area contributed by atoms with Crippen LogP contribution in [-0.2, 0) is 43.3 Å². The molecule has 1 aromatic rings. The molecule has 0 radical (unpaired) electrons. The SMILES string of the molecule is COC(=O)[C@H](NS(=O)(=O)c1ccc(OC)cc1)[C@H]1OC(C)(C)O[C@@H]1[C@@H](O)COS(C)(=O)=O. The van der Waals surface area contributed by atoms with Gasteiger partial charge in [-0.3, -0.25) is 8.98 Å². The molecule has 0 unspecified atom stereocenters. The summed E-state index contributed by atoms with van der Waals surface area (Å²) in [7, 11) is -5.65. The Morgan fingerprint density at radius 1 is 1.12 bits per heavy atom. The molecule has 0 saturated carbocycles. The average molecular weight is 498 g/mol. The average Bonchev–Trinajstić information content (AvgIpc) is 3.04. The number of hydrogen-bond donors (Lipinski definition) is 2. The maximum Gasteiger partial charge on any atom is 0.326 e. The van der Waals surface area contributed by atoms with E-state index in [1.54, 1.807) is 0 Å². The van der Waals surface area contributed by atoms with E-state index in [-0.39, 0.29) is 4.90 Å². The number of nitrogens with one attached hydrogen (secondary N) is 1. The van der Waals surface area contributed by atoms with Gasteiger partial charge in [0.15, 0.2) is 5.79 Å². The topological polar surface area (TPSA) is 164 Å². The number of carbonyl (C=O) groups excluding carboxylic acids is 1. The Bertz CT molecular complexity index is 1010. The van der Waals surface area contributed by atoms with Crippen LogP contribution in [0.15, 0.2) is 29.2 Å². The van der Waals surface area contributed by atoms with Crippen LogP contribution >= 0.6 is 0 Å². The summed E-state index contributed by atoms with van der Waals surface area (Å²) in [6.07, 6.45) is -3.47. The minimum Gasteiger partial charge on any atom is -0.497 e. The number of benzene rings is 1. The Hall–Kier alpha value is -1.81. The summed E-state index contributed by atoms with van der Waals surface area (Å²) in [4.78, 5) is 12.3. The predicted molar refractivity (Wildman–Crippen MR) is 110 cm³/mol. The van der Waals surface area contributed by atoms with Gasteiger partial charge in [-0.1, -0.05) is 0 Å². The van der Waals surface area contributed by atoms with Gasteiger partial charge in [-0.15, -0.1) is 0 Å². The van der Waals surface area contributed by atoms with Crippen molar-refractivity contribution in [2.75, 3.05) is 27.1 Å². The van der Waals surface area contributed by atoms with Crippen molar-refractivity contribution in [2.45, 2.75) is 48.9 Å². The fourth-order valence-electron chi connectivity index (χ4n) is 3.03. The van der Waals surface area contributed by atoms with E-state index in [4.69, 9.17) is 18.9 Å². The first-order chi connectivity index (χ1) is 14.7. The van der Waals surface area contributed by atoms with Crippen molar-refractivity contribution >= 4 is 26.1 Å². The molecule has 4 atom stereocenters. The summed E-state index contributed by atoms with van der Waals surface area (Å²) < 4.78 is 76.1. The second-order valence-corrected chi connectivity index (χ2v) is 10.8. The maximum absolute atomic E-state index is 12.9. The summed E-state index contributed by atoms with van der Waals surface area (Å²) in [5, 5.41) is 10.5. The van der Waals surface area contributed by atoms with Gasteiger partial charge in [0.05, 0.1) is 32.0 Å². The highest BCUT2D eigenvalue weighted by atomic mass is 32.2. The van der Waals surface area contributed by atoms with E-state index in [0.29, 0.717) is 5.75 Å². The summed E-state index contributed by atoms with van der Waals surface area (Å²) in [5.41, 5.74) is 0. The van der Waals surface area contributed by atoms with Crippen molar-refractivity contribution in [1.82, 2.24) is 4.72 Å². The summed E-state index contributed by atoms with van der Waals surface area (Å²) in [6.45, 7) is 2.27. The van der Waals surface area contributed by atoms with E-state index in [1.807, 2.05) is 0 Å². The molecule has 0 aliphatic carbocycles. The normalized spacial score (nSPS) is 22.8. The summed E-state index contributed by atoms with van der Waals surface area (Å²) >= 11 is 0. The third-order valence-corrected chi connectivity index (χ3v) is 6.45. The molecule has 32 heavy (non-hydrogen) atoms. The van der Waals surface area contributed by atoms with Crippen molar-refractivity contribution in [1.29, 1.82) is 0 Å². The Labute approximate surface area is 186 Å². The van der Waals surface area contributed by atoms with Crippen LogP contribution in [0.2, 0.25) is 0 Å². The molecule has 2 N–H and O–H groups in total. The fraction of sp³-hybridized carbons (Fsp3) is 0.611. The molecular weight excluding hydrogens is 470 g/mol. The van der Waals surface area contributed by atoms with Crippen molar-refractivity contribution in [2.24, 2.45) is 0 Å². The predicted octanol–water partition coefficient (Wildman–Crippen LogP) is -0.628. The van der Waals surface area contributed by atoms with Gasteiger partial charge in [0.25, 0.3) is 10.1 Å². The van der Waals surface area contributed by atoms with Crippen LogP contribution in [0.25, 0.3) is 0 Å². The highest BCUT2D eigenvalue weighted by Gasteiger charge is 2.52. The van der Waals surface area contributed by atoms with Crippen LogP contribution in [0.4, 0.5) is 0 Å². The third-order valence-electron chi connectivity index (χ3n) is 4.43. The Balaban J connectivity index is 2.35. The molecule has 182 valence electrons. The molecule has 1 fully saturated rings. The molecule has 2 rings (SSSR count). The van der Waals surface area contributed by atoms with Gasteiger partial charge in [0, 0.05) is 0 Å². The molecule has 12 nitrogen and oxygen atoms in total. The van der Waals surface area contributed by atoms with Gasteiger partial charge >= 0.3 is 5.97 Å². The van der Waals surface area contributed by atoms with E-state index >= 15 is 0 Å². The summed E-state index contributed by atoms with van der Waals surface area (Å²) in [6, 6.07) is 3.77. The largest absolute Gasteiger partial charge is 0.497 e. The first-order valence-electron chi connectivity index (χ1n) is 9.31. The summed E-state index contributed by atoms with van der Waals surface area (Å²) in [5.74, 6) is -1.91. The number of ether oxygens (including phenoxy) is 4. The van der Waals surface area contributed by atoms with Crippen LogP contribution < -0.4 is 9.46 Å². The van der Waals surface area contributed by atoms with Gasteiger partial charge in [-0.2, -0.15) is 13.1 Å². The second-order valence-electron chi connectivity index (χ2n) is 7.42. The first kappa shape index (κ1) is 26.4. The molecule has 0 spiro atoms. The quantitative estimate of drug-likeness (QED) is 0.312. The second kappa shape index (κ2) is 9.99. The third kappa shape index (κ3) is 6.84. The number of rotatable bonds is 10. The zero-order chi connectivity index (χ0) is 24.3. The van der Waals surface area contributed by atoms with Gasteiger partial charge in [0.2, 0.25) is 10.0 Å². The van der Waals surface area contributed by atoms with Crippen molar-refractivity contribution in [3.8, 4) is 5.75 Å². The zero-order valence-corrected chi connectivity index (χ0v) is 19.8. The number of aliphatic hydroxyl groups is 1. The first-order valence-corrected chi connectivity index (χ1v) is 12.6. The Kier molecular flexibility index (Phi) is 8.25. The molecule has 0 aromatic heterocycles. The molecule has 1 aliphatic rings. The molecule has 1 heterocycles. The lowest BCUT2D eigenvalue weighted by Crippen LogP contribution is -2.55. The van der Waals surface area contributed by atoms with Crippen molar-refractivity contribution in [3.05, 3.63) is 24.3 Å². The van der Waals surface area contributed by atoms with Crippen LogP contribution in [-0.4, -0.2) is 85.1 Å². The van der Waals surface area contributed by atoms with Crippen molar-refractivity contribution in [3.63, 3.8) is 0 Å². The zero-order valence-electron chi connectivity index (χ0n) is 18.2. The number of esters is 1. The Morgan fingerprint density at radius 3 is 2.19 bits per heavy atom. The van der Waals surface area contributed by atoms with Gasteiger partial charge in [-0.05, 0) is 38.1 Å². The molecule has 0 bridgehead atoms. The number of methoxy groups -OCH3 is 2. The monoisotopic (exact) mass is 497 g/mol. The van der Waals surface area contributed by atoms with E-state index in [9.17, 15) is 26.7 Å². The number of carbonyl (C=O) groups is 1. The minimum absolute atomic E-state index is 0.164. The smallest absolute Gasteiger partial charge is 0.326 e. The maximum atomic E-state index is 12.9. The standard InChI is InChI=1S/C18H27NO11S2/c1-18(2)29-15(13(20)10-28-31(5,22)23)16(30-18)14(17(21)27-4)19-32(24,25)12-8-6-11(26-3)7-9-12/h6-9,13-16,19-20H,10H2,1-5H3/t13-,14+,15+,16+/m0/s1. The van der Waals surface area contributed by atoms with E-state index in [1.165, 1.54) is 45.2 Å². The minimum atomic E-state index is -4.25. The van der Waals surface area contributed by atoms with Gasteiger partial charge < -0.3 is 24.1 Å². The van der Waals surface area contributed by atoms with Crippen LogP contribution in [0.3, 0.4) is 0 Å². The van der Waals surface area contributed by atoms with Crippen molar-refractivity contribution < 1.29 is 49.9 Å². The molecular formula is C18H27NO11S2. The van der Waals surface area contributed by atoms with Gasteiger partial charge in [0.1, 0.15) is 30.1 Å². The van der Waals surface area contributed by atoms with E-state index < -0.39 is 62.9 Å². The number of hydrogen-bond acceptors (Lipinski definition) is 11. The number of aliphatic hydroxyl groups excluding tert-OH is 1. The lowest BCUT2D eigenvalue weighted by atomic mass is 10.0. The lowest BCUT2D eigenvalue weighted by Gasteiger charge is -2.27. The number of sulfonamides is 1.